The van der Waals surface area contributed by atoms with E-state index < -0.39 is 0 Å². The maximum atomic E-state index is 13.4. The predicted molar refractivity (Wildman–Crippen MR) is 124 cm³/mol. The number of aryl methyl sites for hydroxylation is 1. The molecule has 1 amide bonds. The van der Waals surface area contributed by atoms with Gasteiger partial charge in [0, 0.05) is 49.9 Å². The number of benzene rings is 1. The van der Waals surface area contributed by atoms with Crippen molar-refractivity contribution in [2.24, 2.45) is 7.05 Å². The summed E-state index contributed by atoms with van der Waals surface area (Å²) in [6, 6.07) is 7.30. The molecule has 32 heavy (non-hydrogen) atoms. The molecule has 2 aromatic heterocycles. The molecule has 2 unspecified atom stereocenters. The summed E-state index contributed by atoms with van der Waals surface area (Å²) in [6.07, 6.45) is 8.74. The van der Waals surface area contributed by atoms with Crippen LogP contribution in [-0.2, 0) is 7.05 Å². The van der Waals surface area contributed by atoms with Gasteiger partial charge in [-0.05, 0) is 37.0 Å². The Morgan fingerprint density at radius 1 is 1.31 bits per heavy atom. The molecule has 1 aromatic carbocycles. The molecule has 3 heterocycles. The lowest BCUT2D eigenvalue weighted by molar-refractivity contribution is 0.0787. The third-order valence-electron chi connectivity index (χ3n) is 5.80. The Kier molecular flexibility index (Phi) is 7.29. The molecule has 0 saturated carbocycles. The molecule has 9 heteroatoms. The van der Waals surface area contributed by atoms with E-state index >= 15 is 0 Å². The van der Waals surface area contributed by atoms with E-state index in [1.807, 2.05) is 31.7 Å². The zero-order valence-electron chi connectivity index (χ0n) is 18.4. The summed E-state index contributed by atoms with van der Waals surface area (Å²) in [6.45, 7) is 0.709. The van der Waals surface area contributed by atoms with Crippen LogP contribution in [0.1, 0.15) is 54.2 Å². The fraction of sp³-hybridized carbons (Fsp3) is 0.435. The van der Waals surface area contributed by atoms with Crippen molar-refractivity contribution in [2.45, 2.75) is 44.2 Å². The molecule has 2 N–H and O–H groups in total. The molecular formula is C23H29FN6OS. The highest BCUT2D eigenvalue weighted by Crippen LogP contribution is 2.25. The molecule has 0 bridgehead atoms. The smallest absolute Gasteiger partial charge is 0.273 e. The second-order valence-corrected chi connectivity index (χ2v) is 9.20. The number of unbranched alkanes of at least 4 members (excludes halogenated alkanes) is 2. The summed E-state index contributed by atoms with van der Waals surface area (Å²) >= 11 is 1.46. The Labute approximate surface area is 191 Å². The summed E-state index contributed by atoms with van der Waals surface area (Å²) in [5, 5.41) is 6.78. The van der Waals surface area contributed by atoms with Crippen molar-refractivity contribution in [1.29, 1.82) is 0 Å². The van der Waals surface area contributed by atoms with Crippen LogP contribution in [0.3, 0.4) is 0 Å². The van der Waals surface area contributed by atoms with Gasteiger partial charge < -0.3 is 4.90 Å². The first-order valence-corrected chi connectivity index (χ1v) is 11.8. The Morgan fingerprint density at radius 2 is 2.19 bits per heavy atom. The molecule has 1 saturated heterocycles. The fourth-order valence-electron chi connectivity index (χ4n) is 4.00. The number of hydrogen-bond acceptors (Lipinski definition) is 6. The lowest BCUT2D eigenvalue weighted by Gasteiger charge is -2.16. The molecule has 0 spiro atoms. The van der Waals surface area contributed by atoms with Gasteiger partial charge in [0.25, 0.3) is 5.91 Å². The fourth-order valence-corrected chi connectivity index (χ4v) is 4.77. The lowest BCUT2D eigenvalue weighted by Crippen LogP contribution is -2.31. The highest BCUT2D eigenvalue weighted by molar-refractivity contribution is 7.13. The van der Waals surface area contributed by atoms with E-state index in [0.29, 0.717) is 18.3 Å². The molecule has 4 rings (SSSR count). The Bertz CT molecular complexity index is 1050. The average molecular weight is 457 g/mol. The summed E-state index contributed by atoms with van der Waals surface area (Å²) in [5.41, 5.74) is 9.00. The maximum absolute atomic E-state index is 13.4. The Balaban J connectivity index is 1.15. The van der Waals surface area contributed by atoms with Crippen molar-refractivity contribution < 1.29 is 9.18 Å². The number of carbonyl (C=O) groups excluding carboxylic acids is 1. The van der Waals surface area contributed by atoms with E-state index in [0.717, 1.165) is 48.2 Å². The van der Waals surface area contributed by atoms with Crippen LogP contribution < -0.4 is 10.9 Å². The molecule has 170 valence electrons. The molecule has 0 radical (unpaired) electrons. The number of hydrogen-bond donors (Lipinski definition) is 2. The molecule has 7 nitrogen and oxygen atoms in total. The van der Waals surface area contributed by atoms with Crippen LogP contribution in [-0.4, -0.2) is 45.2 Å². The van der Waals surface area contributed by atoms with Crippen LogP contribution in [0, 0.1) is 5.82 Å². The minimum Gasteiger partial charge on any atom is -0.340 e. The summed E-state index contributed by atoms with van der Waals surface area (Å²) in [5.74, 6) is -0.242. The van der Waals surface area contributed by atoms with Gasteiger partial charge in [-0.1, -0.05) is 25.0 Å². The van der Waals surface area contributed by atoms with Crippen molar-refractivity contribution in [2.75, 3.05) is 13.6 Å². The third kappa shape index (κ3) is 5.59. The summed E-state index contributed by atoms with van der Waals surface area (Å²) in [7, 11) is 3.69. The number of thiazole rings is 1. The van der Waals surface area contributed by atoms with E-state index in [-0.39, 0.29) is 17.8 Å². The first-order valence-electron chi connectivity index (χ1n) is 11.0. The quantitative estimate of drug-likeness (QED) is 0.478. The zero-order valence-corrected chi connectivity index (χ0v) is 19.2. The molecule has 1 aliphatic heterocycles. The third-order valence-corrected chi connectivity index (χ3v) is 6.69. The topological polar surface area (TPSA) is 75.1 Å². The minimum absolute atomic E-state index is 0.0454. The Morgan fingerprint density at radius 3 is 2.97 bits per heavy atom. The van der Waals surface area contributed by atoms with E-state index in [1.54, 1.807) is 27.9 Å². The number of nitrogens with one attached hydrogen (secondary N) is 2. The van der Waals surface area contributed by atoms with Gasteiger partial charge >= 0.3 is 0 Å². The first kappa shape index (κ1) is 22.6. The van der Waals surface area contributed by atoms with Crippen LogP contribution in [0.15, 0.2) is 42.0 Å². The predicted octanol–water partition coefficient (Wildman–Crippen LogP) is 3.92. The van der Waals surface area contributed by atoms with Crippen molar-refractivity contribution in [3.05, 3.63) is 59.1 Å². The monoisotopic (exact) mass is 456 g/mol. The van der Waals surface area contributed by atoms with E-state index in [1.165, 1.54) is 17.4 Å². The van der Waals surface area contributed by atoms with E-state index in [2.05, 4.69) is 20.9 Å². The van der Waals surface area contributed by atoms with Gasteiger partial charge in [-0.2, -0.15) is 5.10 Å². The minimum atomic E-state index is -0.197. The van der Waals surface area contributed by atoms with Gasteiger partial charge in [-0.15, -0.1) is 11.3 Å². The van der Waals surface area contributed by atoms with Crippen molar-refractivity contribution in [3.63, 3.8) is 0 Å². The van der Waals surface area contributed by atoms with Gasteiger partial charge in [0.2, 0.25) is 0 Å². The van der Waals surface area contributed by atoms with Gasteiger partial charge in [-0.3, -0.25) is 20.3 Å². The van der Waals surface area contributed by atoms with Crippen molar-refractivity contribution >= 4 is 17.2 Å². The number of halogens is 1. The number of aromatic nitrogens is 3. The molecule has 2 atom stereocenters. The van der Waals surface area contributed by atoms with Crippen molar-refractivity contribution in [1.82, 2.24) is 30.5 Å². The van der Waals surface area contributed by atoms with Gasteiger partial charge in [-0.25, -0.2) is 9.37 Å². The summed E-state index contributed by atoms with van der Waals surface area (Å²) in [4.78, 5) is 18.9. The number of rotatable bonds is 9. The van der Waals surface area contributed by atoms with Crippen LogP contribution in [0.25, 0.3) is 10.6 Å². The molecule has 3 aromatic rings. The average Bonchev–Trinajstić information content (AvgIpc) is 3.53. The SMILES string of the molecule is CN(CCCCCC1CC(c2cccc(F)c2)NN1)C(=O)c1csc(-c2cnn(C)c2)n1. The number of carbonyl (C=O) groups is 1. The largest absolute Gasteiger partial charge is 0.340 e. The maximum Gasteiger partial charge on any atom is 0.273 e. The highest BCUT2D eigenvalue weighted by Gasteiger charge is 2.24. The number of nitrogens with zero attached hydrogens (tertiary/aromatic N) is 4. The highest BCUT2D eigenvalue weighted by atomic mass is 32.1. The first-order chi connectivity index (χ1) is 15.5. The zero-order chi connectivity index (χ0) is 22.5. The van der Waals surface area contributed by atoms with Crippen molar-refractivity contribution in [3.8, 4) is 10.6 Å². The Hall–Kier alpha value is -2.62. The second kappa shape index (κ2) is 10.3. The van der Waals surface area contributed by atoms with Gasteiger partial charge in [0.05, 0.1) is 6.20 Å². The molecule has 0 aliphatic carbocycles. The summed E-state index contributed by atoms with van der Waals surface area (Å²) < 4.78 is 15.2. The van der Waals surface area contributed by atoms with Crippen LogP contribution in [0.5, 0.6) is 0 Å². The van der Waals surface area contributed by atoms with Crippen LogP contribution >= 0.6 is 11.3 Å². The number of hydrazine groups is 1. The molecule has 1 aliphatic rings. The normalized spacial score (nSPS) is 18.2. The van der Waals surface area contributed by atoms with Crippen LogP contribution in [0.4, 0.5) is 4.39 Å². The standard InChI is InChI=1S/C23H29FN6OS/c1-29(23(31)21-15-32-22(26-21)17-13-25-30(2)14-17)10-5-3-4-9-19-12-20(28-27-19)16-7-6-8-18(24)11-16/h6-8,11,13-15,19-20,27-28H,3-5,9-10,12H2,1-2H3. The van der Waals surface area contributed by atoms with E-state index in [4.69, 9.17) is 0 Å². The van der Waals surface area contributed by atoms with Crippen LogP contribution in [0.2, 0.25) is 0 Å². The molecule has 1 fully saturated rings. The van der Waals surface area contributed by atoms with Gasteiger partial charge in [0.15, 0.2) is 0 Å². The second-order valence-electron chi connectivity index (χ2n) is 8.35. The molecular weight excluding hydrogens is 427 g/mol. The number of amides is 1. The van der Waals surface area contributed by atoms with E-state index in [9.17, 15) is 9.18 Å². The van der Waals surface area contributed by atoms with Gasteiger partial charge in [0.1, 0.15) is 16.5 Å². The lowest BCUT2D eigenvalue weighted by atomic mass is 9.99.